The Kier molecular flexibility index (Phi) is 5.60. The van der Waals surface area contributed by atoms with Gasteiger partial charge in [0.25, 0.3) is 0 Å². The quantitative estimate of drug-likeness (QED) is 0.679. The summed E-state index contributed by atoms with van der Waals surface area (Å²) in [6, 6.07) is -0.156. The maximum absolute atomic E-state index is 11.4. The Bertz CT molecular complexity index is 205. The molecule has 0 fully saturated rings. The second-order valence-corrected chi connectivity index (χ2v) is 4.41. The highest BCUT2D eigenvalue weighted by atomic mass is 16.3. The molecule has 2 amide bonds. The van der Waals surface area contributed by atoms with E-state index in [1.165, 1.54) is 0 Å². The summed E-state index contributed by atoms with van der Waals surface area (Å²) in [6.45, 7) is 5.04. The van der Waals surface area contributed by atoms with E-state index < -0.39 is 5.60 Å². The van der Waals surface area contributed by atoms with E-state index in [1.54, 1.807) is 18.9 Å². The van der Waals surface area contributed by atoms with Gasteiger partial charge in [-0.3, -0.25) is 0 Å². The first-order valence-electron chi connectivity index (χ1n) is 5.14. The molecule has 0 saturated carbocycles. The lowest BCUT2D eigenvalue weighted by Gasteiger charge is -2.28. The monoisotopic (exact) mass is 217 g/mol. The average molecular weight is 217 g/mol. The number of urea groups is 1. The Labute approximate surface area is 92.0 Å². The molecule has 0 aliphatic carbocycles. The molecular weight excluding hydrogens is 194 g/mol. The van der Waals surface area contributed by atoms with Gasteiger partial charge in [0, 0.05) is 26.7 Å². The molecule has 0 heterocycles. The molecule has 0 saturated heterocycles. The zero-order chi connectivity index (χ0) is 12.1. The van der Waals surface area contributed by atoms with Crippen molar-refractivity contribution in [1.29, 1.82) is 0 Å². The number of carbonyl (C=O) groups is 1. The van der Waals surface area contributed by atoms with Gasteiger partial charge in [-0.1, -0.05) is 0 Å². The minimum atomic E-state index is -0.895. The first-order valence-corrected chi connectivity index (χ1v) is 5.14. The molecule has 0 rings (SSSR count). The van der Waals surface area contributed by atoms with Gasteiger partial charge in [-0.15, -0.1) is 0 Å². The third kappa shape index (κ3) is 6.30. The van der Waals surface area contributed by atoms with Crippen molar-refractivity contribution < 1.29 is 9.90 Å². The first-order chi connectivity index (χ1) is 6.78. The van der Waals surface area contributed by atoms with Crippen LogP contribution in [-0.2, 0) is 0 Å². The number of rotatable bonds is 5. The average Bonchev–Trinajstić information content (AvgIpc) is 2.11. The van der Waals surface area contributed by atoms with Crippen LogP contribution in [0.15, 0.2) is 0 Å². The highest BCUT2D eigenvalue weighted by Crippen LogP contribution is 2.02. The van der Waals surface area contributed by atoms with E-state index in [0.29, 0.717) is 13.1 Å². The Morgan fingerprint density at radius 3 is 2.33 bits per heavy atom. The van der Waals surface area contributed by atoms with Gasteiger partial charge in [0.1, 0.15) is 0 Å². The van der Waals surface area contributed by atoms with Crippen LogP contribution < -0.4 is 5.32 Å². The first kappa shape index (κ1) is 14.2. The summed E-state index contributed by atoms with van der Waals surface area (Å²) in [5.41, 5.74) is -0.895. The SMILES string of the molecule is CCN(C)C(=O)NCC(C)(O)CN(C)C. The maximum Gasteiger partial charge on any atom is 0.317 e. The summed E-state index contributed by atoms with van der Waals surface area (Å²) >= 11 is 0. The van der Waals surface area contributed by atoms with Crippen LogP contribution in [0, 0.1) is 0 Å². The molecule has 0 aliphatic heterocycles. The van der Waals surface area contributed by atoms with Crippen LogP contribution in [0.2, 0.25) is 0 Å². The summed E-state index contributed by atoms with van der Waals surface area (Å²) in [4.78, 5) is 14.8. The fourth-order valence-electron chi connectivity index (χ4n) is 1.28. The molecule has 5 nitrogen and oxygen atoms in total. The number of likely N-dealkylation sites (N-methyl/N-ethyl adjacent to an activating group) is 1. The summed E-state index contributed by atoms with van der Waals surface area (Å²) in [6.07, 6.45) is 0. The van der Waals surface area contributed by atoms with Gasteiger partial charge in [-0.25, -0.2) is 4.79 Å². The zero-order valence-electron chi connectivity index (χ0n) is 10.4. The molecule has 90 valence electrons. The van der Waals surface area contributed by atoms with Crippen LogP contribution in [-0.4, -0.2) is 67.3 Å². The molecule has 0 aromatic rings. The van der Waals surface area contributed by atoms with Crippen LogP contribution in [0.1, 0.15) is 13.8 Å². The molecule has 15 heavy (non-hydrogen) atoms. The highest BCUT2D eigenvalue weighted by Gasteiger charge is 2.22. The number of nitrogens with zero attached hydrogens (tertiary/aromatic N) is 2. The van der Waals surface area contributed by atoms with Crippen molar-refractivity contribution in [1.82, 2.24) is 15.1 Å². The van der Waals surface area contributed by atoms with Gasteiger partial charge in [-0.05, 0) is 27.9 Å². The van der Waals surface area contributed by atoms with Gasteiger partial charge in [-0.2, -0.15) is 0 Å². The zero-order valence-corrected chi connectivity index (χ0v) is 10.4. The van der Waals surface area contributed by atoms with Crippen molar-refractivity contribution in [3.05, 3.63) is 0 Å². The van der Waals surface area contributed by atoms with Crippen LogP contribution in [0.5, 0.6) is 0 Å². The summed E-state index contributed by atoms with van der Waals surface area (Å²) < 4.78 is 0. The number of hydrogen-bond acceptors (Lipinski definition) is 3. The number of aliphatic hydroxyl groups is 1. The molecule has 1 atom stereocenters. The standard InChI is InChI=1S/C10H23N3O2/c1-6-13(5)9(14)11-7-10(2,15)8-12(3)4/h15H,6-8H2,1-5H3,(H,11,14). The lowest BCUT2D eigenvalue weighted by Crippen LogP contribution is -2.49. The van der Waals surface area contributed by atoms with Gasteiger partial charge in [0.2, 0.25) is 0 Å². The number of hydrogen-bond donors (Lipinski definition) is 2. The minimum absolute atomic E-state index is 0.156. The Balaban J connectivity index is 3.98. The van der Waals surface area contributed by atoms with Gasteiger partial charge < -0.3 is 20.2 Å². The van der Waals surface area contributed by atoms with Crippen LogP contribution in [0.25, 0.3) is 0 Å². The van der Waals surface area contributed by atoms with Gasteiger partial charge in [0.15, 0.2) is 0 Å². The van der Waals surface area contributed by atoms with E-state index in [0.717, 1.165) is 0 Å². The third-order valence-corrected chi connectivity index (χ3v) is 2.10. The molecule has 2 N–H and O–H groups in total. The van der Waals surface area contributed by atoms with Crippen molar-refractivity contribution in [2.75, 3.05) is 40.8 Å². The van der Waals surface area contributed by atoms with E-state index >= 15 is 0 Å². The second kappa shape index (κ2) is 5.92. The molecular formula is C10H23N3O2. The Morgan fingerprint density at radius 1 is 1.40 bits per heavy atom. The van der Waals surface area contributed by atoms with Crippen LogP contribution in [0.3, 0.4) is 0 Å². The van der Waals surface area contributed by atoms with Crippen molar-refractivity contribution in [3.63, 3.8) is 0 Å². The van der Waals surface area contributed by atoms with Crippen molar-refractivity contribution in [2.45, 2.75) is 19.4 Å². The molecule has 1 unspecified atom stereocenters. The number of carbonyl (C=O) groups excluding carboxylic acids is 1. The second-order valence-electron chi connectivity index (χ2n) is 4.41. The summed E-state index contributed by atoms with van der Waals surface area (Å²) in [5, 5.41) is 12.6. The van der Waals surface area contributed by atoms with Crippen LogP contribution in [0.4, 0.5) is 4.79 Å². The van der Waals surface area contributed by atoms with Crippen molar-refractivity contribution in [2.24, 2.45) is 0 Å². The minimum Gasteiger partial charge on any atom is -0.387 e. The number of amides is 2. The maximum atomic E-state index is 11.4. The van der Waals surface area contributed by atoms with E-state index in [2.05, 4.69) is 5.32 Å². The predicted molar refractivity (Wildman–Crippen MR) is 60.9 cm³/mol. The topological polar surface area (TPSA) is 55.8 Å². The fourth-order valence-corrected chi connectivity index (χ4v) is 1.28. The largest absolute Gasteiger partial charge is 0.387 e. The van der Waals surface area contributed by atoms with Gasteiger partial charge in [0.05, 0.1) is 5.60 Å². The fraction of sp³-hybridized carbons (Fsp3) is 0.900. The summed E-state index contributed by atoms with van der Waals surface area (Å²) in [7, 11) is 5.49. The molecule has 5 heteroatoms. The van der Waals surface area contributed by atoms with E-state index in [-0.39, 0.29) is 12.6 Å². The molecule has 0 aliphatic rings. The van der Waals surface area contributed by atoms with Crippen molar-refractivity contribution >= 4 is 6.03 Å². The Hall–Kier alpha value is -0.810. The van der Waals surface area contributed by atoms with E-state index in [9.17, 15) is 9.90 Å². The van der Waals surface area contributed by atoms with E-state index in [4.69, 9.17) is 0 Å². The highest BCUT2D eigenvalue weighted by molar-refractivity contribution is 5.73. The lowest BCUT2D eigenvalue weighted by molar-refractivity contribution is 0.0350. The van der Waals surface area contributed by atoms with Crippen molar-refractivity contribution in [3.8, 4) is 0 Å². The van der Waals surface area contributed by atoms with E-state index in [1.807, 2.05) is 25.9 Å². The lowest BCUT2D eigenvalue weighted by atomic mass is 10.1. The smallest absolute Gasteiger partial charge is 0.317 e. The van der Waals surface area contributed by atoms with Crippen LogP contribution >= 0.6 is 0 Å². The summed E-state index contributed by atoms with van der Waals surface area (Å²) in [5.74, 6) is 0. The third-order valence-electron chi connectivity index (χ3n) is 2.10. The molecule has 0 spiro atoms. The molecule has 0 aromatic carbocycles. The number of nitrogens with one attached hydrogen (secondary N) is 1. The Morgan fingerprint density at radius 2 is 1.93 bits per heavy atom. The predicted octanol–water partition coefficient (Wildman–Crippen LogP) is -0.0397. The molecule has 0 radical (unpaired) electrons. The molecule has 0 aromatic heterocycles. The normalized spacial score (nSPS) is 14.9. The van der Waals surface area contributed by atoms with Gasteiger partial charge >= 0.3 is 6.03 Å². The molecule has 0 bridgehead atoms.